The Hall–Kier alpha value is -2.95. The van der Waals surface area contributed by atoms with Crippen molar-refractivity contribution in [3.05, 3.63) is 52.4 Å². The maximum atomic E-state index is 12.3. The Bertz CT molecular complexity index is 976. The molecule has 0 aromatic carbocycles. The van der Waals surface area contributed by atoms with E-state index in [-0.39, 0.29) is 12.1 Å². The van der Waals surface area contributed by atoms with Gasteiger partial charge in [-0.1, -0.05) is 0 Å². The van der Waals surface area contributed by atoms with E-state index >= 15 is 0 Å². The minimum absolute atomic E-state index is 0.106. The quantitative estimate of drug-likeness (QED) is 0.487. The zero-order valence-corrected chi connectivity index (χ0v) is 17.0. The second kappa shape index (κ2) is 8.60. The van der Waals surface area contributed by atoms with E-state index in [1.54, 1.807) is 24.0 Å². The molecule has 0 saturated carbocycles. The van der Waals surface area contributed by atoms with Crippen molar-refractivity contribution in [2.75, 3.05) is 5.32 Å². The Morgan fingerprint density at radius 1 is 1.28 bits per heavy atom. The van der Waals surface area contributed by atoms with Crippen molar-refractivity contribution in [3.63, 3.8) is 0 Å². The van der Waals surface area contributed by atoms with E-state index < -0.39 is 0 Å². The van der Waals surface area contributed by atoms with Crippen molar-refractivity contribution in [2.24, 2.45) is 0 Å². The highest BCUT2D eigenvalue weighted by molar-refractivity contribution is 7.09. The molecule has 1 aliphatic heterocycles. The lowest BCUT2D eigenvalue weighted by atomic mass is 10.2. The van der Waals surface area contributed by atoms with Gasteiger partial charge in [0.05, 0.1) is 18.2 Å². The van der Waals surface area contributed by atoms with Crippen LogP contribution in [0.4, 0.5) is 5.82 Å². The normalized spacial score (nSPS) is 18.6. The van der Waals surface area contributed by atoms with Crippen LogP contribution in [-0.2, 0) is 6.54 Å². The number of hydrazine groups is 1. The average molecular weight is 411 g/mol. The summed E-state index contributed by atoms with van der Waals surface area (Å²) >= 11 is 1.50. The number of anilines is 1. The summed E-state index contributed by atoms with van der Waals surface area (Å²) in [5.74, 6) is 1.08. The van der Waals surface area contributed by atoms with Crippen molar-refractivity contribution in [3.8, 4) is 11.4 Å². The Morgan fingerprint density at radius 2 is 2.17 bits per heavy atom. The number of hydrogen-bond acceptors (Lipinski definition) is 9. The number of aromatic nitrogens is 4. The van der Waals surface area contributed by atoms with Crippen molar-refractivity contribution in [1.82, 2.24) is 36.1 Å². The number of carbonyl (C=O) groups is 1. The number of hydrogen-bond donors (Lipinski definition) is 4. The molecule has 10 heteroatoms. The summed E-state index contributed by atoms with van der Waals surface area (Å²) in [6.45, 7) is 4.48. The fourth-order valence-corrected chi connectivity index (χ4v) is 3.54. The second-order valence-electron chi connectivity index (χ2n) is 6.92. The summed E-state index contributed by atoms with van der Waals surface area (Å²) in [5.41, 5.74) is 10.1. The first-order chi connectivity index (χ1) is 14.1. The molecule has 4 rings (SSSR count). The first kappa shape index (κ1) is 19.4. The minimum Gasteiger partial charge on any atom is -0.353 e. The Kier molecular flexibility index (Phi) is 5.74. The standard InChI is InChI=1S/C19H22N8OS/c1-11-5-16(24-17-6-12(2)26-27-17)25-18(23-11)13-3-4-15(21-7-13)19(28)22-9-14-8-20-10-29-14/h3-5,7-8,10,12,17,26-27H,6,9H2,1-2H3,(H,22,28)(H,23,24,25). The Balaban J connectivity index is 1.44. The van der Waals surface area contributed by atoms with E-state index in [1.165, 1.54) is 11.3 Å². The molecular weight excluding hydrogens is 388 g/mol. The molecule has 0 spiro atoms. The molecule has 29 heavy (non-hydrogen) atoms. The van der Waals surface area contributed by atoms with E-state index in [2.05, 4.69) is 48.3 Å². The lowest BCUT2D eigenvalue weighted by Crippen LogP contribution is -2.36. The van der Waals surface area contributed by atoms with Crippen molar-refractivity contribution in [2.45, 2.75) is 39.0 Å². The largest absolute Gasteiger partial charge is 0.353 e. The molecule has 9 nitrogen and oxygen atoms in total. The molecule has 2 atom stereocenters. The van der Waals surface area contributed by atoms with Crippen LogP contribution in [0.15, 0.2) is 36.1 Å². The molecule has 150 valence electrons. The highest BCUT2D eigenvalue weighted by atomic mass is 32.1. The van der Waals surface area contributed by atoms with Crippen LogP contribution in [0.2, 0.25) is 0 Å². The van der Waals surface area contributed by atoms with Gasteiger partial charge in [0.15, 0.2) is 5.82 Å². The van der Waals surface area contributed by atoms with Crippen LogP contribution in [0.25, 0.3) is 11.4 Å². The maximum Gasteiger partial charge on any atom is 0.270 e. The fraction of sp³-hybridized carbons (Fsp3) is 0.316. The van der Waals surface area contributed by atoms with E-state index in [0.29, 0.717) is 24.1 Å². The summed E-state index contributed by atoms with van der Waals surface area (Å²) in [4.78, 5) is 30.6. The van der Waals surface area contributed by atoms with Gasteiger partial charge >= 0.3 is 0 Å². The molecule has 1 saturated heterocycles. The highest BCUT2D eigenvalue weighted by Gasteiger charge is 2.20. The molecule has 0 radical (unpaired) electrons. The van der Waals surface area contributed by atoms with Crippen molar-refractivity contribution < 1.29 is 4.79 Å². The van der Waals surface area contributed by atoms with Crippen LogP contribution in [0.3, 0.4) is 0 Å². The van der Waals surface area contributed by atoms with Crippen LogP contribution in [0, 0.1) is 6.92 Å². The average Bonchev–Trinajstić information content (AvgIpc) is 3.37. The molecule has 1 aliphatic rings. The number of thiazole rings is 1. The van der Waals surface area contributed by atoms with Gasteiger partial charge in [0.2, 0.25) is 0 Å². The van der Waals surface area contributed by atoms with E-state index in [1.807, 2.05) is 19.1 Å². The van der Waals surface area contributed by atoms with Gasteiger partial charge in [-0.3, -0.25) is 20.2 Å². The number of aryl methyl sites for hydroxylation is 1. The first-order valence-corrected chi connectivity index (χ1v) is 10.2. The molecule has 4 N–H and O–H groups in total. The predicted octanol–water partition coefficient (Wildman–Crippen LogP) is 1.86. The highest BCUT2D eigenvalue weighted by Crippen LogP contribution is 2.19. The lowest BCUT2D eigenvalue weighted by Gasteiger charge is -2.14. The van der Waals surface area contributed by atoms with Gasteiger partial charge in [0, 0.05) is 40.6 Å². The summed E-state index contributed by atoms with van der Waals surface area (Å²) in [6.07, 6.45) is 4.41. The Labute approximate surface area is 172 Å². The third kappa shape index (κ3) is 4.91. The predicted molar refractivity (Wildman–Crippen MR) is 111 cm³/mol. The second-order valence-corrected chi connectivity index (χ2v) is 7.89. The zero-order chi connectivity index (χ0) is 20.2. The molecule has 2 unspecified atom stereocenters. The number of pyridine rings is 1. The molecule has 0 aliphatic carbocycles. The fourth-order valence-electron chi connectivity index (χ4n) is 3.01. The number of amides is 1. The number of rotatable bonds is 6. The maximum absolute atomic E-state index is 12.3. The van der Waals surface area contributed by atoms with Gasteiger partial charge in [0.25, 0.3) is 5.91 Å². The lowest BCUT2D eigenvalue weighted by molar-refractivity contribution is 0.0946. The first-order valence-electron chi connectivity index (χ1n) is 9.32. The van der Waals surface area contributed by atoms with Gasteiger partial charge in [-0.25, -0.2) is 15.4 Å². The van der Waals surface area contributed by atoms with Crippen LogP contribution in [-0.4, -0.2) is 38.1 Å². The summed E-state index contributed by atoms with van der Waals surface area (Å²) in [5, 5.41) is 6.21. The van der Waals surface area contributed by atoms with Gasteiger partial charge in [-0.15, -0.1) is 11.3 Å². The van der Waals surface area contributed by atoms with Crippen molar-refractivity contribution in [1.29, 1.82) is 0 Å². The molecule has 3 aromatic rings. The summed E-state index contributed by atoms with van der Waals surface area (Å²) in [7, 11) is 0. The van der Waals surface area contributed by atoms with Crippen molar-refractivity contribution >= 4 is 23.1 Å². The van der Waals surface area contributed by atoms with Crippen LogP contribution < -0.4 is 21.5 Å². The summed E-state index contributed by atoms with van der Waals surface area (Å²) < 4.78 is 0. The monoisotopic (exact) mass is 410 g/mol. The summed E-state index contributed by atoms with van der Waals surface area (Å²) in [6, 6.07) is 5.79. The number of nitrogens with one attached hydrogen (secondary N) is 4. The zero-order valence-electron chi connectivity index (χ0n) is 16.1. The third-order valence-electron chi connectivity index (χ3n) is 4.43. The topological polar surface area (TPSA) is 117 Å². The van der Waals surface area contributed by atoms with Crippen LogP contribution in [0.5, 0.6) is 0 Å². The van der Waals surface area contributed by atoms with Gasteiger partial charge < -0.3 is 10.6 Å². The smallest absolute Gasteiger partial charge is 0.270 e. The van der Waals surface area contributed by atoms with Crippen LogP contribution >= 0.6 is 11.3 Å². The third-order valence-corrected chi connectivity index (χ3v) is 5.21. The van der Waals surface area contributed by atoms with Crippen LogP contribution in [0.1, 0.15) is 34.4 Å². The molecule has 0 bridgehead atoms. The molecular formula is C19H22N8OS. The van der Waals surface area contributed by atoms with Gasteiger partial charge in [0.1, 0.15) is 11.5 Å². The molecule has 1 fully saturated rings. The molecule has 1 amide bonds. The van der Waals surface area contributed by atoms with E-state index in [9.17, 15) is 4.79 Å². The number of carbonyl (C=O) groups excluding carboxylic acids is 1. The van der Waals surface area contributed by atoms with E-state index in [0.717, 1.165) is 28.4 Å². The van der Waals surface area contributed by atoms with Gasteiger partial charge in [-0.05, 0) is 32.4 Å². The van der Waals surface area contributed by atoms with Gasteiger partial charge in [-0.2, -0.15) is 0 Å². The Morgan fingerprint density at radius 3 is 2.86 bits per heavy atom. The SMILES string of the molecule is Cc1cc(NC2CC(C)NN2)nc(-c2ccc(C(=O)NCc3cncs3)nc2)n1. The molecule has 3 aromatic heterocycles. The number of nitrogens with zero attached hydrogens (tertiary/aromatic N) is 4. The minimum atomic E-state index is -0.230. The molecule has 4 heterocycles. The van der Waals surface area contributed by atoms with E-state index in [4.69, 9.17) is 0 Å².